The van der Waals surface area contributed by atoms with Gasteiger partial charge in [-0.25, -0.2) is 9.37 Å². The van der Waals surface area contributed by atoms with Gasteiger partial charge in [0.15, 0.2) is 0 Å². The van der Waals surface area contributed by atoms with Crippen LogP contribution in [0.5, 0.6) is 0 Å². The zero-order valence-corrected chi connectivity index (χ0v) is 13.1. The largest absolute Gasteiger partial charge is 0.307 e. The molecule has 0 spiro atoms. The number of aromatic nitrogens is 2. The van der Waals surface area contributed by atoms with Crippen LogP contribution in [0.15, 0.2) is 40.0 Å². The van der Waals surface area contributed by atoms with E-state index in [2.05, 4.69) is 4.98 Å². The lowest BCUT2D eigenvalue weighted by Gasteiger charge is -2.06. The van der Waals surface area contributed by atoms with Crippen LogP contribution in [0.3, 0.4) is 0 Å². The Bertz CT molecular complexity index is 824. The summed E-state index contributed by atoms with van der Waals surface area (Å²) in [4.78, 5) is 15.8. The third-order valence-electron chi connectivity index (χ3n) is 2.97. The van der Waals surface area contributed by atoms with Crippen LogP contribution in [-0.2, 0) is 12.4 Å². The summed E-state index contributed by atoms with van der Waals surface area (Å²) in [7, 11) is 0. The summed E-state index contributed by atoms with van der Waals surface area (Å²) >= 11 is 8.31. The molecule has 108 valence electrons. The first kappa shape index (κ1) is 14.4. The first-order valence-electron chi connectivity index (χ1n) is 6.10. The molecule has 0 unspecified atom stereocenters. The molecule has 0 aliphatic heterocycles. The number of halogens is 2. The molecule has 1 aromatic carbocycles. The van der Waals surface area contributed by atoms with E-state index in [1.54, 1.807) is 23.7 Å². The van der Waals surface area contributed by atoms with Crippen molar-refractivity contribution >= 4 is 34.3 Å². The van der Waals surface area contributed by atoms with Crippen molar-refractivity contribution in [3.05, 3.63) is 61.9 Å². The summed E-state index contributed by atoms with van der Waals surface area (Å²) in [6.45, 7) is 0.218. The van der Waals surface area contributed by atoms with Gasteiger partial charge in [-0.1, -0.05) is 11.3 Å². The number of rotatable bonds is 4. The highest BCUT2D eigenvalue weighted by atomic mass is 35.5. The molecule has 0 aliphatic carbocycles. The molecule has 0 fully saturated rings. The first-order chi connectivity index (χ1) is 10.2. The highest BCUT2D eigenvalue weighted by Crippen LogP contribution is 2.26. The van der Waals surface area contributed by atoms with E-state index in [0.717, 1.165) is 27.6 Å². The fourth-order valence-electron chi connectivity index (χ4n) is 1.92. The summed E-state index contributed by atoms with van der Waals surface area (Å²) in [5.41, 5.74) is 2.10. The molecule has 21 heavy (non-hydrogen) atoms. The number of alkyl halides is 1. The van der Waals surface area contributed by atoms with E-state index in [1.165, 1.54) is 22.0 Å². The molecule has 0 N–H and O–H groups in total. The van der Waals surface area contributed by atoms with Crippen LogP contribution in [0.25, 0.3) is 10.6 Å². The average molecular weight is 341 g/mol. The Morgan fingerprint density at radius 2 is 2.19 bits per heavy atom. The Hall–Kier alpha value is -1.50. The van der Waals surface area contributed by atoms with Crippen LogP contribution in [-0.4, -0.2) is 9.55 Å². The van der Waals surface area contributed by atoms with Crippen LogP contribution in [0.1, 0.15) is 11.3 Å². The normalized spacial score (nSPS) is 11.0. The zero-order chi connectivity index (χ0) is 14.8. The highest BCUT2D eigenvalue weighted by Gasteiger charge is 2.10. The van der Waals surface area contributed by atoms with Crippen molar-refractivity contribution in [2.24, 2.45) is 0 Å². The van der Waals surface area contributed by atoms with Gasteiger partial charge in [0.25, 0.3) is 0 Å². The second kappa shape index (κ2) is 6.09. The van der Waals surface area contributed by atoms with Crippen molar-refractivity contribution in [3.63, 3.8) is 0 Å². The van der Waals surface area contributed by atoms with Crippen LogP contribution < -0.4 is 4.87 Å². The molecule has 0 amide bonds. The topological polar surface area (TPSA) is 34.9 Å². The maximum Gasteiger partial charge on any atom is 0.307 e. The lowest BCUT2D eigenvalue weighted by atomic mass is 10.1. The highest BCUT2D eigenvalue weighted by molar-refractivity contribution is 7.13. The number of thiazole rings is 2. The first-order valence-corrected chi connectivity index (χ1v) is 8.40. The lowest BCUT2D eigenvalue weighted by Crippen LogP contribution is -2.13. The smallest absolute Gasteiger partial charge is 0.301 e. The van der Waals surface area contributed by atoms with Crippen LogP contribution >= 0.6 is 34.3 Å². The van der Waals surface area contributed by atoms with E-state index >= 15 is 0 Å². The minimum absolute atomic E-state index is 0.0986. The minimum Gasteiger partial charge on any atom is -0.301 e. The van der Waals surface area contributed by atoms with Gasteiger partial charge in [-0.2, -0.15) is 0 Å². The molecular weight excluding hydrogens is 331 g/mol. The molecule has 3 aromatic rings. The van der Waals surface area contributed by atoms with Gasteiger partial charge < -0.3 is 4.57 Å². The van der Waals surface area contributed by atoms with Gasteiger partial charge in [0, 0.05) is 28.1 Å². The summed E-state index contributed by atoms with van der Waals surface area (Å²) in [5.74, 6) is 0.0282. The Balaban J connectivity index is 1.96. The third kappa shape index (κ3) is 3.07. The number of benzene rings is 1. The molecule has 3 nitrogen and oxygen atoms in total. The molecule has 7 heteroatoms. The zero-order valence-electron chi connectivity index (χ0n) is 10.8. The van der Waals surface area contributed by atoms with E-state index in [-0.39, 0.29) is 17.2 Å². The summed E-state index contributed by atoms with van der Waals surface area (Å²) in [6, 6.07) is 4.83. The molecule has 0 bridgehead atoms. The predicted octanol–water partition coefficient (Wildman–Crippen LogP) is 3.96. The molecule has 3 rings (SSSR count). The fraction of sp³-hybridized carbons (Fsp3) is 0.143. The SMILES string of the molecule is O=c1sccn1Cc1cc(-c2nc(CCl)cs2)ccc1F. The molecule has 0 radical (unpaired) electrons. The number of hydrogen-bond donors (Lipinski definition) is 0. The maximum absolute atomic E-state index is 13.9. The molecule has 2 heterocycles. The molecule has 0 atom stereocenters. The van der Waals surface area contributed by atoms with Crippen LogP contribution in [0.4, 0.5) is 4.39 Å². The summed E-state index contributed by atoms with van der Waals surface area (Å²) < 4.78 is 15.4. The second-order valence-electron chi connectivity index (χ2n) is 4.38. The van der Waals surface area contributed by atoms with Gasteiger partial charge in [0.2, 0.25) is 0 Å². The van der Waals surface area contributed by atoms with Gasteiger partial charge in [-0.15, -0.1) is 22.9 Å². The monoisotopic (exact) mass is 340 g/mol. The van der Waals surface area contributed by atoms with Gasteiger partial charge in [-0.05, 0) is 18.2 Å². The predicted molar refractivity (Wildman–Crippen MR) is 84.7 cm³/mol. The van der Waals surface area contributed by atoms with E-state index in [4.69, 9.17) is 11.6 Å². The lowest BCUT2D eigenvalue weighted by molar-refractivity contribution is 0.598. The minimum atomic E-state index is -0.328. The Morgan fingerprint density at radius 3 is 2.86 bits per heavy atom. The van der Waals surface area contributed by atoms with Gasteiger partial charge >= 0.3 is 4.87 Å². The van der Waals surface area contributed by atoms with Crippen molar-refractivity contribution in [3.8, 4) is 10.6 Å². The van der Waals surface area contributed by atoms with Crippen molar-refractivity contribution in [1.29, 1.82) is 0 Å². The Morgan fingerprint density at radius 1 is 1.33 bits per heavy atom. The summed E-state index contributed by atoms with van der Waals surface area (Å²) in [6.07, 6.45) is 1.66. The molecule has 0 saturated heterocycles. The third-order valence-corrected chi connectivity index (χ3v) is 4.87. The quantitative estimate of drug-likeness (QED) is 0.674. The van der Waals surface area contributed by atoms with Crippen molar-refractivity contribution < 1.29 is 4.39 Å². The molecule has 0 saturated carbocycles. The van der Waals surface area contributed by atoms with Crippen molar-refractivity contribution in [2.75, 3.05) is 0 Å². The van der Waals surface area contributed by atoms with Gasteiger partial charge in [0.1, 0.15) is 10.8 Å². The standard InChI is InChI=1S/C14H10ClFN2OS2/c15-6-11-8-21-13(17-11)9-1-2-12(16)10(5-9)7-18-3-4-20-14(18)19/h1-5,8H,6-7H2. The van der Waals surface area contributed by atoms with E-state index in [9.17, 15) is 9.18 Å². The Labute approximate surface area is 133 Å². The van der Waals surface area contributed by atoms with Gasteiger partial charge in [0.05, 0.1) is 18.1 Å². The van der Waals surface area contributed by atoms with E-state index in [1.807, 2.05) is 5.38 Å². The van der Waals surface area contributed by atoms with Crippen LogP contribution in [0.2, 0.25) is 0 Å². The molecular formula is C14H10ClFN2OS2. The fourth-order valence-corrected chi connectivity index (χ4v) is 3.55. The summed E-state index contributed by atoms with van der Waals surface area (Å²) in [5, 5.41) is 4.37. The van der Waals surface area contributed by atoms with Crippen molar-refractivity contribution in [1.82, 2.24) is 9.55 Å². The van der Waals surface area contributed by atoms with Crippen molar-refractivity contribution in [2.45, 2.75) is 12.4 Å². The van der Waals surface area contributed by atoms with Crippen LogP contribution in [0, 0.1) is 5.82 Å². The second-order valence-corrected chi connectivity index (χ2v) is 6.36. The average Bonchev–Trinajstić information content (AvgIpc) is 3.11. The maximum atomic E-state index is 13.9. The number of nitrogens with zero attached hydrogens (tertiary/aromatic N) is 2. The molecule has 0 aliphatic rings. The van der Waals surface area contributed by atoms with E-state index < -0.39 is 0 Å². The van der Waals surface area contributed by atoms with E-state index in [0.29, 0.717) is 11.4 Å². The van der Waals surface area contributed by atoms with Gasteiger partial charge in [-0.3, -0.25) is 4.79 Å². The Kier molecular flexibility index (Phi) is 4.19. The molecule has 2 aromatic heterocycles. The number of hydrogen-bond acceptors (Lipinski definition) is 4.